The average molecular weight is 418 g/mol. The number of carbonyl (C=O) groups excluding carboxylic acids is 2. The maximum atomic E-state index is 13.2. The summed E-state index contributed by atoms with van der Waals surface area (Å²) < 4.78 is 5.19. The van der Waals surface area contributed by atoms with Gasteiger partial charge in [-0.05, 0) is 76.7 Å². The van der Waals surface area contributed by atoms with Crippen molar-refractivity contribution in [1.29, 1.82) is 0 Å². The molecule has 2 saturated heterocycles. The van der Waals surface area contributed by atoms with Gasteiger partial charge < -0.3 is 19.4 Å². The molecule has 6 heteroatoms. The molecule has 30 heavy (non-hydrogen) atoms. The summed E-state index contributed by atoms with van der Waals surface area (Å²) >= 11 is 0. The summed E-state index contributed by atoms with van der Waals surface area (Å²) in [4.78, 5) is 32.0. The molecule has 1 aliphatic carbocycles. The molecular formula is C24H39N3O3. The van der Waals surface area contributed by atoms with Crippen molar-refractivity contribution in [2.45, 2.75) is 90.1 Å². The Morgan fingerprint density at radius 2 is 1.67 bits per heavy atom. The van der Waals surface area contributed by atoms with Crippen molar-refractivity contribution in [3.8, 4) is 0 Å². The lowest BCUT2D eigenvalue weighted by molar-refractivity contribution is -0.133. The Bertz CT molecular complexity index is 669. The third kappa shape index (κ3) is 4.25. The van der Waals surface area contributed by atoms with E-state index in [2.05, 4.69) is 16.7 Å². The predicted octanol–water partition coefficient (Wildman–Crippen LogP) is 4.16. The number of hydrogen-bond donors (Lipinski definition) is 0. The number of nitrogens with zero attached hydrogens (tertiary/aromatic N) is 3. The fraction of sp³-hybridized carbons (Fsp3) is 0.833. The zero-order chi connectivity index (χ0) is 21.1. The Morgan fingerprint density at radius 3 is 2.40 bits per heavy atom. The van der Waals surface area contributed by atoms with E-state index >= 15 is 0 Å². The molecule has 0 radical (unpaired) electrons. The first-order valence-electron chi connectivity index (χ1n) is 12.3. The van der Waals surface area contributed by atoms with Gasteiger partial charge in [0.15, 0.2) is 0 Å². The van der Waals surface area contributed by atoms with E-state index in [0.29, 0.717) is 24.6 Å². The van der Waals surface area contributed by atoms with E-state index in [9.17, 15) is 9.59 Å². The van der Waals surface area contributed by atoms with Crippen LogP contribution in [0.5, 0.6) is 0 Å². The summed E-state index contributed by atoms with van der Waals surface area (Å²) in [5.74, 6) is 0.552. The second-order valence-corrected chi connectivity index (χ2v) is 9.39. The van der Waals surface area contributed by atoms with E-state index < -0.39 is 0 Å². The molecule has 2 unspecified atom stereocenters. The minimum atomic E-state index is -0.161. The molecule has 0 spiro atoms. The van der Waals surface area contributed by atoms with Crippen LogP contribution in [0.4, 0.5) is 4.79 Å². The first kappa shape index (κ1) is 21.7. The van der Waals surface area contributed by atoms with Crippen LogP contribution >= 0.6 is 0 Å². The van der Waals surface area contributed by atoms with E-state index in [1.54, 1.807) is 0 Å². The second-order valence-electron chi connectivity index (χ2n) is 9.39. The molecule has 0 aromatic carbocycles. The van der Waals surface area contributed by atoms with E-state index in [1.807, 2.05) is 11.8 Å². The Hall–Kier alpha value is -1.56. The van der Waals surface area contributed by atoms with Crippen LogP contribution in [0, 0.1) is 5.92 Å². The highest BCUT2D eigenvalue weighted by Crippen LogP contribution is 2.43. The minimum absolute atomic E-state index is 0.161. The maximum Gasteiger partial charge on any atom is 0.409 e. The molecule has 4 aliphatic rings. The lowest BCUT2D eigenvalue weighted by Gasteiger charge is -2.41. The molecule has 2 fully saturated rings. The summed E-state index contributed by atoms with van der Waals surface area (Å²) in [7, 11) is 0. The SMILES string of the molecule is CCOC(=O)N1CCCC(N2CCC(N3C(=O)C(CC)C4=C3CCCC4)CC2)CC1. The molecule has 2 amide bonds. The quantitative estimate of drug-likeness (QED) is 0.689. The van der Waals surface area contributed by atoms with Gasteiger partial charge in [0.25, 0.3) is 0 Å². The summed E-state index contributed by atoms with van der Waals surface area (Å²) in [5, 5.41) is 0. The van der Waals surface area contributed by atoms with Crippen molar-refractivity contribution in [3.05, 3.63) is 11.3 Å². The molecule has 0 aromatic heterocycles. The minimum Gasteiger partial charge on any atom is -0.450 e. The lowest BCUT2D eigenvalue weighted by Crippen LogP contribution is -2.49. The topological polar surface area (TPSA) is 53.1 Å². The van der Waals surface area contributed by atoms with Gasteiger partial charge in [0.05, 0.1) is 12.5 Å². The molecule has 0 bridgehead atoms. The summed E-state index contributed by atoms with van der Waals surface area (Å²) in [6.07, 6.45) is 10.9. The third-order valence-electron chi connectivity index (χ3n) is 7.74. The van der Waals surface area contributed by atoms with Crippen LogP contribution in [0.3, 0.4) is 0 Å². The summed E-state index contributed by atoms with van der Waals surface area (Å²) in [6.45, 7) is 8.21. The largest absolute Gasteiger partial charge is 0.450 e. The monoisotopic (exact) mass is 417 g/mol. The summed E-state index contributed by atoms with van der Waals surface area (Å²) in [6, 6.07) is 0.933. The van der Waals surface area contributed by atoms with E-state index in [0.717, 1.165) is 77.5 Å². The van der Waals surface area contributed by atoms with Crippen LogP contribution in [0.1, 0.15) is 78.1 Å². The molecule has 4 rings (SSSR count). The molecule has 0 N–H and O–H groups in total. The molecule has 6 nitrogen and oxygen atoms in total. The first-order chi connectivity index (χ1) is 14.6. The normalized spacial score (nSPS) is 29.2. The van der Waals surface area contributed by atoms with Gasteiger partial charge in [-0.25, -0.2) is 4.79 Å². The molecule has 3 aliphatic heterocycles. The predicted molar refractivity (Wildman–Crippen MR) is 117 cm³/mol. The van der Waals surface area contributed by atoms with Crippen LogP contribution < -0.4 is 0 Å². The van der Waals surface area contributed by atoms with E-state index in [1.165, 1.54) is 24.1 Å². The van der Waals surface area contributed by atoms with Gasteiger partial charge in [-0.15, -0.1) is 0 Å². The molecule has 0 saturated carbocycles. The average Bonchev–Trinajstić information content (AvgIpc) is 2.90. The van der Waals surface area contributed by atoms with Crippen molar-refractivity contribution in [2.75, 3.05) is 32.8 Å². The van der Waals surface area contributed by atoms with Crippen molar-refractivity contribution in [3.63, 3.8) is 0 Å². The van der Waals surface area contributed by atoms with Crippen LogP contribution in [0.15, 0.2) is 11.3 Å². The highest BCUT2D eigenvalue weighted by Gasteiger charge is 2.43. The standard InChI is InChI=1S/C24H39N3O3/c1-3-20-21-9-5-6-10-22(21)27(23(20)28)19-12-15-25(16-13-19)18-8-7-14-26(17-11-18)24(29)30-4-2/h18-20H,3-17H2,1-2H3. The Morgan fingerprint density at radius 1 is 0.933 bits per heavy atom. The number of likely N-dealkylation sites (tertiary alicyclic amines) is 2. The van der Waals surface area contributed by atoms with Gasteiger partial charge in [0.1, 0.15) is 0 Å². The van der Waals surface area contributed by atoms with Crippen LogP contribution in [-0.4, -0.2) is 71.6 Å². The van der Waals surface area contributed by atoms with Gasteiger partial charge in [0, 0.05) is 44.0 Å². The number of allylic oxidation sites excluding steroid dienone is 1. The van der Waals surface area contributed by atoms with Gasteiger partial charge in [-0.1, -0.05) is 6.92 Å². The van der Waals surface area contributed by atoms with Gasteiger partial charge in [-0.3, -0.25) is 4.79 Å². The third-order valence-corrected chi connectivity index (χ3v) is 7.74. The number of carbonyl (C=O) groups is 2. The Balaban J connectivity index is 1.33. The van der Waals surface area contributed by atoms with Crippen LogP contribution in [0.25, 0.3) is 0 Å². The fourth-order valence-corrected chi connectivity index (χ4v) is 6.18. The first-order valence-corrected chi connectivity index (χ1v) is 12.3. The van der Waals surface area contributed by atoms with E-state index in [4.69, 9.17) is 4.74 Å². The Labute approximate surface area is 181 Å². The summed E-state index contributed by atoms with van der Waals surface area (Å²) in [5.41, 5.74) is 2.87. The van der Waals surface area contributed by atoms with Crippen molar-refractivity contribution >= 4 is 12.0 Å². The molecule has 2 atom stereocenters. The zero-order valence-electron chi connectivity index (χ0n) is 18.9. The maximum absolute atomic E-state index is 13.2. The second kappa shape index (κ2) is 9.71. The van der Waals surface area contributed by atoms with Crippen molar-refractivity contribution < 1.29 is 14.3 Å². The number of hydrogen-bond acceptors (Lipinski definition) is 4. The Kier molecular flexibility index (Phi) is 7.01. The number of piperidine rings is 1. The molecule has 168 valence electrons. The van der Waals surface area contributed by atoms with Crippen LogP contribution in [0.2, 0.25) is 0 Å². The highest BCUT2D eigenvalue weighted by molar-refractivity contribution is 5.87. The highest BCUT2D eigenvalue weighted by atomic mass is 16.6. The lowest BCUT2D eigenvalue weighted by atomic mass is 9.88. The molecular weight excluding hydrogens is 378 g/mol. The van der Waals surface area contributed by atoms with Gasteiger partial charge in [-0.2, -0.15) is 0 Å². The molecule has 0 aromatic rings. The number of ether oxygens (including phenoxy) is 1. The van der Waals surface area contributed by atoms with Crippen LogP contribution in [-0.2, 0) is 9.53 Å². The van der Waals surface area contributed by atoms with E-state index in [-0.39, 0.29) is 12.0 Å². The molecule has 3 heterocycles. The van der Waals surface area contributed by atoms with Gasteiger partial charge in [0.2, 0.25) is 5.91 Å². The van der Waals surface area contributed by atoms with Crippen molar-refractivity contribution in [2.24, 2.45) is 5.92 Å². The zero-order valence-corrected chi connectivity index (χ0v) is 18.9. The smallest absolute Gasteiger partial charge is 0.409 e. The number of rotatable bonds is 4. The fourth-order valence-electron chi connectivity index (χ4n) is 6.18. The van der Waals surface area contributed by atoms with Gasteiger partial charge >= 0.3 is 6.09 Å². The van der Waals surface area contributed by atoms with Crippen molar-refractivity contribution in [1.82, 2.24) is 14.7 Å². The number of amides is 2.